The maximum atomic E-state index is 12.7. The smallest absolute Gasteiger partial charge is 0.306 e. The van der Waals surface area contributed by atoms with Gasteiger partial charge >= 0.3 is 11.9 Å². The van der Waals surface area contributed by atoms with Gasteiger partial charge in [-0.2, -0.15) is 0 Å². The second kappa shape index (κ2) is 32.0. The number of allylic oxidation sites excluding steroid dienone is 7. The molecule has 1 heterocycles. The molecule has 3 atom stereocenters. The zero-order chi connectivity index (χ0) is 43.1. The number of aliphatic hydroxyl groups excluding tert-OH is 1. The Bertz CT molecular complexity index is 1420. The highest BCUT2D eigenvalue weighted by atomic mass is 31.2. The number of ether oxygens (including phenoxy) is 2. The van der Waals surface area contributed by atoms with E-state index < -0.39 is 32.5 Å². The van der Waals surface area contributed by atoms with Crippen LogP contribution in [-0.4, -0.2) is 81.2 Å². The summed E-state index contributed by atoms with van der Waals surface area (Å²) in [5.74, 6) is 1.26. The van der Waals surface area contributed by atoms with Crippen molar-refractivity contribution < 1.29 is 51.6 Å². The van der Waals surface area contributed by atoms with Crippen molar-refractivity contribution in [1.29, 1.82) is 0 Å². The van der Waals surface area contributed by atoms with Crippen LogP contribution in [0.25, 0.3) is 0 Å². The summed E-state index contributed by atoms with van der Waals surface area (Å²) in [6, 6.07) is 0. The van der Waals surface area contributed by atoms with E-state index >= 15 is 0 Å². The molecule has 0 amide bonds. The van der Waals surface area contributed by atoms with Gasteiger partial charge < -0.3 is 37.4 Å². The van der Waals surface area contributed by atoms with Gasteiger partial charge in [0.15, 0.2) is 6.10 Å². The molecule has 0 aliphatic carbocycles. The van der Waals surface area contributed by atoms with E-state index in [1.54, 1.807) is 0 Å². The first-order valence-electron chi connectivity index (χ1n) is 21.8. The van der Waals surface area contributed by atoms with Gasteiger partial charge in [0, 0.05) is 25.7 Å². The lowest BCUT2D eigenvalue weighted by molar-refractivity contribution is -0.870. The largest absolute Gasteiger partial charge is 0.756 e. The zero-order valence-corrected chi connectivity index (χ0v) is 37.9. The quantitative estimate of drug-likeness (QED) is 0.0175. The highest BCUT2D eigenvalue weighted by Gasteiger charge is 2.22. The number of unbranched alkanes of at least 4 members (excludes halogenated alkanes) is 8. The Labute approximate surface area is 351 Å². The Hall–Kier alpha value is -2.79. The highest BCUT2D eigenvalue weighted by molar-refractivity contribution is 7.45. The number of esters is 2. The number of aliphatic hydroxyl groups is 1. The molecule has 0 radical (unpaired) electrons. The van der Waals surface area contributed by atoms with Crippen molar-refractivity contribution in [3.05, 3.63) is 71.3 Å². The lowest BCUT2D eigenvalue weighted by Gasteiger charge is -2.28. The molecule has 12 heteroatoms. The van der Waals surface area contributed by atoms with Gasteiger partial charge in [-0.05, 0) is 76.3 Å². The average molecular weight is 836 g/mol. The lowest BCUT2D eigenvalue weighted by atomic mass is 10.0. The molecule has 0 saturated carbocycles. The number of aryl methyl sites for hydroxylation is 2. The van der Waals surface area contributed by atoms with Gasteiger partial charge in [0.25, 0.3) is 7.82 Å². The Morgan fingerprint density at radius 1 is 0.759 bits per heavy atom. The molecular weight excluding hydrogens is 757 g/mol. The molecule has 0 fully saturated rings. The number of phosphoric acid groups is 1. The van der Waals surface area contributed by atoms with Gasteiger partial charge in [0.05, 0.1) is 33.9 Å². The van der Waals surface area contributed by atoms with Gasteiger partial charge in [-0.15, -0.1) is 0 Å². The molecule has 0 aliphatic rings. The molecule has 0 saturated heterocycles. The fourth-order valence-electron chi connectivity index (χ4n) is 5.92. The topological polar surface area (TPSA) is 145 Å². The Balaban J connectivity index is 2.43. The summed E-state index contributed by atoms with van der Waals surface area (Å²) in [4.78, 5) is 37.6. The number of rotatable bonds is 35. The van der Waals surface area contributed by atoms with Crippen LogP contribution in [0, 0.1) is 13.8 Å². The monoisotopic (exact) mass is 836 g/mol. The van der Waals surface area contributed by atoms with E-state index in [2.05, 4.69) is 39.8 Å². The maximum absolute atomic E-state index is 12.7. The van der Waals surface area contributed by atoms with E-state index in [9.17, 15) is 24.2 Å². The molecule has 1 aromatic heterocycles. The van der Waals surface area contributed by atoms with Crippen molar-refractivity contribution in [1.82, 2.24) is 0 Å². The van der Waals surface area contributed by atoms with E-state index in [0.29, 0.717) is 30.3 Å². The molecule has 0 aromatic carbocycles. The number of carbonyl (C=O) groups excluding carboxylic acids is 2. The van der Waals surface area contributed by atoms with Gasteiger partial charge in [0.2, 0.25) is 0 Å². The van der Waals surface area contributed by atoms with Gasteiger partial charge in [-0.1, -0.05) is 107 Å². The number of nitrogens with zero attached hydrogens (tertiary/aromatic N) is 1. The number of phosphoric ester groups is 1. The predicted molar refractivity (Wildman–Crippen MR) is 231 cm³/mol. The molecule has 1 N–H and O–H groups in total. The van der Waals surface area contributed by atoms with Crippen molar-refractivity contribution in [2.45, 2.75) is 162 Å². The van der Waals surface area contributed by atoms with E-state index in [0.717, 1.165) is 101 Å². The van der Waals surface area contributed by atoms with Crippen molar-refractivity contribution in [3.63, 3.8) is 0 Å². The minimum Gasteiger partial charge on any atom is -0.756 e. The molecule has 332 valence electrons. The molecule has 1 unspecified atom stereocenters. The summed E-state index contributed by atoms with van der Waals surface area (Å²) in [5, 5.41) is 9.91. The van der Waals surface area contributed by atoms with Crippen LogP contribution in [-0.2, 0) is 45.5 Å². The van der Waals surface area contributed by atoms with E-state index in [1.807, 2.05) is 57.6 Å². The van der Waals surface area contributed by atoms with Crippen molar-refractivity contribution in [2.24, 2.45) is 0 Å². The number of quaternary nitrogens is 1. The van der Waals surface area contributed by atoms with Crippen LogP contribution in [0.2, 0.25) is 0 Å². The molecule has 1 aromatic rings. The molecule has 11 nitrogen and oxygen atoms in total. The summed E-state index contributed by atoms with van der Waals surface area (Å²) in [7, 11) is 1.07. The van der Waals surface area contributed by atoms with Crippen LogP contribution < -0.4 is 4.89 Å². The standard InChI is InChI=1S/C46H78NO10P/c1-8-10-24-30-41(48)31-25-20-16-14-12-11-13-15-17-23-28-34-46(50)56-42(38-55-58(51,52)54-36-35-47(5,6)7)37-53-45(49)33-27-22-19-18-21-26-32-44-40(4)39(3)43(57-44)29-9-2/h11-12,15-17,20,25,31,41-42,48H,8-10,13-14,18-19,21-24,26-30,32-38H2,1-7H3/b12-11-,17-15-,20-16-,31-25+/t41-,42+/m0/s1. The molecule has 58 heavy (non-hydrogen) atoms. The number of hydrogen-bond acceptors (Lipinski definition) is 10. The lowest BCUT2D eigenvalue weighted by Crippen LogP contribution is -2.37. The normalized spacial score (nSPS) is 14.6. The molecule has 0 spiro atoms. The van der Waals surface area contributed by atoms with Crippen LogP contribution in [0.15, 0.2) is 53.0 Å². The summed E-state index contributed by atoms with van der Waals surface area (Å²) < 4.78 is 39.9. The van der Waals surface area contributed by atoms with Crippen LogP contribution in [0.3, 0.4) is 0 Å². The van der Waals surface area contributed by atoms with E-state index in [4.69, 9.17) is 22.9 Å². The Kier molecular flexibility index (Phi) is 29.4. The Morgan fingerprint density at radius 3 is 2.09 bits per heavy atom. The number of furan rings is 1. The fraction of sp³-hybridized carbons (Fsp3) is 0.696. The highest BCUT2D eigenvalue weighted by Crippen LogP contribution is 2.38. The second-order valence-electron chi connectivity index (χ2n) is 16.1. The Morgan fingerprint density at radius 2 is 1.40 bits per heavy atom. The minimum atomic E-state index is -4.67. The zero-order valence-electron chi connectivity index (χ0n) is 37.1. The van der Waals surface area contributed by atoms with Crippen molar-refractivity contribution in [2.75, 3.05) is 47.5 Å². The van der Waals surface area contributed by atoms with Crippen molar-refractivity contribution >= 4 is 19.8 Å². The number of likely N-dealkylation sites (N-methyl/N-ethyl adjacent to an activating group) is 1. The van der Waals surface area contributed by atoms with E-state index in [1.165, 1.54) is 11.1 Å². The van der Waals surface area contributed by atoms with Crippen molar-refractivity contribution in [3.8, 4) is 0 Å². The number of hydrogen-bond donors (Lipinski definition) is 1. The van der Waals surface area contributed by atoms with Crippen LogP contribution in [0.4, 0.5) is 0 Å². The molecular formula is C46H78NO10P. The van der Waals surface area contributed by atoms with Crippen LogP contribution in [0.1, 0.15) is 146 Å². The van der Waals surface area contributed by atoms with E-state index in [-0.39, 0.29) is 32.2 Å². The maximum Gasteiger partial charge on any atom is 0.306 e. The fourth-order valence-corrected chi connectivity index (χ4v) is 6.65. The van der Waals surface area contributed by atoms with Gasteiger partial charge in [-0.3, -0.25) is 14.2 Å². The summed E-state index contributed by atoms with van der Waals surface area (Å²) in [6.07, 6.45) is 30.5. The van der Waals surface area contributed by atoms with Gasteiger partial charge in [0.1, 0.15) is 31.3 Å². The third kappa shape index (κ3) is 28.6. The van der Waals surface area contributed by atoms with Crippen LogP contribution in [0.5, 0.6) is 0 Å². The summed E-state index contributed by atoms with van der Waals surface area (Å²) in [5.41, 5.74) is 2.56. The average Bonchev–Trinajstić information content (AvgIpc) is 3.42. The first kappa shape index (κ1) is 53.2. The SMILES string of the molecule is CCCCC[C@H](O)/C=C/C=C\C/C=C\C/C=C\CCCC(=O)O[C@H](COC(=O)CCCCCCCCc1oc(CCC)c(C)c1C)COP(=O)([O-])OCC[N+](C)(C)C. The molecule has 0 bridgehead atoms. The molecule has 0 aliphatic heterocycles. The molecule has 1 rings (SSSR count). The number of carbonyl (C=O) groups is 2. The minimum absolute atomic E-state index is 0.0595. The van der Waals surface area contributed by atoms with Crippen LogP contribution >= 0.6 is 7.82 Å². The summed E-state index contributed by atoms with van der Waals surface area (Å²) in [6.45, 7) is 8.16. The first-order valence-corrected chi connectivity index (χ1v) is 23.3. The first-order chi connectivity index (χ1) is 27.7. The third-order valence-corrected chi connectivity index (χ3v) is 10.6. The third-order valence-electron chi connectivity index (χ3n) is 9.63. The summed E-state index contributed by atoms with van der Waals surface area (Å²) >= 11 is 0. The second-order valence-corrected chi connectivity index (χ2v) is 17.5. The van der Waals surface area contributed by atoms with Gasteiger partial charge in [-0.25, -0.2) is 0 Å². The predicted octanol–water partition coefficient (Wildman–Crippen LogP) is 9.90.